The summed E-state index contributed by atoms with van der Waals surface area (Å²) in [5.74, 6) is 10.4. The number of nitrogens with zero attached hydrogens (tertiary/aromatic N) is 1. The van der Waals surface area contributed by atoms with Crippen LogP contribution in [0, 0.1) is 20.8 Å². The van der Waals surface area contributed by atoms with E-state index in [0.29, 0.717) is 5.75 Å². The molecule has 1 atom stereocenters. The molecular formula is C13H16ClGeNO2S. The van der Waals surface area contributed by atoms with Crippen molar-refractivity contribution in [3.05, 3.63) is 34.4 Å². The van der Waals surface area contributed by atoms with Gasteiger partial charge in [0.15, 0.2) is 0 Å². The summed E-state index contributed by atoms with van der Waals surface area (Å²) in [4.78, 5) is 11.1. The second-order valence-electron chi connectivity index (χ2n) is 5.05. The first-order valence-corrected chi connectivity index (χ1v) is 14.6. The Morgan fingerprint density at radius 3 is 2.42 bits per heavy atom. The van der Waals surface area contributed by atoms with Gasteiger partial charge >= 0.3 is 126 Å². The predicted molar refractivity (Wildman–Crippen MR) is 84.6 cm³/mol. The summed E-state index contributed by atoms with van der Waals surface area (Å²) in [6.07, 6.45) is 0. The summed E-state index contributed by atoms with van der Waals surface area (Å²) in [6.45, 7) is 0. The summed E-state index contributed by atoms with van der Waals surface area (Å²) in [6, 6.07) is 6.48. The number of hydrogen-bond donors (Lipinski definition) is 0. The van der Waals surface area contributed by atoms with Crippen molar-refractivity contribution in [3.63, 3.8) is 0 Å². The van der Waals surface area contributed by atoms with Gasteiger partial charge in [-0.05, 0) is 0 Å². The van der Waals surface area contributed by atoms with Crippen LogP contribution in [0.2, 0.25) is 17.3 Å². The van der Waals surface area contributed by atoms with Crippen LogP contribution >= 0.6 is 23.4 Å². The van der Waals surface area contributed by atoms with Crippen molar-refractivity contribution in [1.29, 1.82) is 0 Å². The summed E-state index contributed by atoms with van der Waals surface area (Å²) in [7, 11) is 0. The molecule has 1 aromatic rings. The third kappa shape index (κ3) is 6.90. The predicted octanol–water partition coefficient (Wildman–Crippen LogP) is 4.18. The van der Waals surface area contributed by atoms with Crippen molar-refractivity contribution in [3.8, 4) is 10.7 Å². The van der Waals surface area contributed by atoms with Crippen LogP contribution in [0.1, 0.15) is 0 Å². The Morgan fingerprint density at radius 1 is 1.37 bits per heavy atom. The summed E-state index contributed by atoms with van der Waals surface area (Å²) >= 11 is 5.87. The molecule has 0 N–H and O–H groups in total. The van der Waals surface area contributed by atoms with E-state index in [1.54, 1.807) is 23.9 Å². The monoisotopic (exact) mass is 359 g/mol. The third-order valence-corrected chi connectivity index (χ3v) is 5.48. The van der Waals surface area contributed by atoms with Gasteiger partial charge < -0.3 is 0 Å². The van der Waals surface area contributed by atoms with Crippen molar-refractivity contribution >= 4 is 42.3 Å². The van der Waals surface area contributed by atoms with E-state index in [-0.39, 0.29) is 11.1 Å². The number of thioether (sulfide) groups is 1. The minimum atomic E-state index is -1.84. The van der Waals surface area contributed by atoms with Gasteiger partial charge in [-0.2, -0.15) is 0 Å². The van der Waals surface area contributed by atoms with Gasteiger partial charge in [0.05, 0.1) is 0 Å². The van der Waals surface area contributed by atoms with Gasteiger partial charge in [-0.3, -0.25) is 0 Å². The number of hydrogen-bond acceptors (Lipinski definition) is 3. The maximum absolute atomic E-state index is 10.5. The average Bonchev–Trinajstić information content (AvgIpc) is 2.33. The van der Waals surface area contributed by atoms with Crippen molar-refractivity contribution in [2.45, 2.75) is 27.5 Å². The van der Waals surface area contributed by atoms with Crippen LogP contribution in [-0.2, 0) is 0 Å². The number of rotatable bonds is 4. The van der Waals surface area contributed by atoms with E-state index < -0.39 is 18.2 Å². The second kappa shape index (κ2) is 7.23. The van der Waals surface area contributed by atoms with Crippen molar-refractivity contribution in [2.75, 3.05) is 5.75 Å². The van der Waals surface area contributed by atoms with Gasteiger partial charge in [0.1, 0.15) is 0 Å². The molecule has 0 radical (unpaired) electrons. The maximum atomic E-state index is 10.5. The Labute approximate surface area is 125 Å². The number of nitro groups is 1. The van der Waals surface area contributed by atoms with Gasteiger partial charge in [-0.25, -0.2) is 0 Å². The Kier molecular flexibility index (Phi) is 6.24. The van der Waals surface area contributed by atoms with Crippen LogP contribution in [0.4, 0.5) is 5.69 Å². The van der Waals surface area contributed by atoms with E-state index >= 15 is 0 Å². The van der Waals surface area contributed by atoms with E-state index in [2.05, 4.69) is 27.9 Å². The van der Waals surface area contributed by atoms with Crippen molar-refractivity contribution in [2.24, 2.45) is 0 Å². The Morgan fingerprint density at radius 2 is 1.95 bits per heavy atom. The molecule has 0 aliphatic rings. The first kappa shape index (κ1) is 16.4. The van der Waals surface area contributed by atoms with Crippen LogP contribution in [0.25, 0.3) is 0 Å². The molecule has 0 aliphatic carbocycles. The molecule has 0 aromatic heterocycles. The van der Waals surface area contributed by atoms with Gasteiger partial charge in [0.25, 0.3) is 0 Å². The molecule has 0 saturated carbocycles. The molecule has 0 fully saturated rings. The summed E-state index contributed by atoms with van der Waals surface area (Å²) in [5.41, 5.74) is 0.104. The van der Waals surface area contributed by atoms with Crippen LogP contribution in [0.5, 0.6) is 0 Å². The van der Waals surface area contributed by atoms with Crippen LogP contribution in [0.15, 0.2) is 29.2 Å². The van der Waals surface area contributed by atoms with E-state index in [0.717, 1.165) is 4.90 Å². The normalized spacial score (nSPS) is 12.4. The number of non-ortho nitro benzene ring substituents is 1. The van der Waals surface area contributed by atoms with Crippen LogP contribution in [0.3, 0.4) is 0 Å². The molecule has 0 heterocycles. The van der Waals surface area contributed by atoms with E-state index in [4.69, 9.17) is 11.6 Å². The fourth-order valence-corrected chi connectivity index (χ4v) is 3.63. The number of nitro benzene ring substituents is 1. The number of halogens is 1. The summed E-state index contributed by atoms with van der Waals surface area (Å²) < 4.78 is 3.28. The molecule has 3 nitrogen and oxygen atoms in total. The average molecular weight is 358 g/mol. The molecule has 0 bridgehead atoms. The Balaban J connectivity index is 2.52. The van der Waals surface area contributed by atoms with Crippen molar-refractivity contribution < 1.29 is 4.92 Å². The molecule has 1 rings (SSSR count). The van der Waals surface area contributed by atoms with E-state index in [9.17, 15) is 10.1 Å². The van der Waals surface area contributed by atoms with Gasteiger partial charge in [0, 0.05) is 0 Å². The van der Waals surface area contributed by atoms with Crippen LogP contribution < -0.4 is 0 Å². The molecular weight excluding hydrogens is 342 g/mol. The van der Waals surface area contributed by atoms with Crippen LogP contribution in [-0.4, -0.2) is 29.3 Å². The number of alkyl halides is 1. The first-order chi connectivity index (χ1) is 8.78. The minimum absolute atomic E-state index is 0.104. The zero-order chi connectivity index (χ0) is 14.5. The van der Waals surface area contributed by atoms with E-state index in [1.807, 2.05) is 0 Å². The standard InChI is InChI=1S/C13H16ClGeNO2S/c1-15(2,3)9-8-11(14)10-19-13-6-4-12(5-7-13)16(17)18/h4-7,11H,10H2,1-3H3. The Bertz CT molecular complexity index is 502. The zero-order valence-corrected chi connectivity index (χ0v) is 14.8. The zero-order valence-electron chi connectivity index (χ0n) is 11.1. The first-order valence-electron chi connectivity index (χ1n) is 5.82. The van der Waals surface area contributed by atoms with Gasteiger partial charge in [0.2, 0.25) is 0 Å². The molecule has 0 aliphatic heterocycles. The fraction of sp³-hybridized carbons (Fsp3) is 0.385. The van der Waals surface area contributed by atoms with Gasteiger partial charge in [-0.15, -0.1) is 0 Å². The molecule has 1 aromatic carbocycles. The quantitative estimate of drug-likeness (QED) is 0.203. The topological polar surface area (TPSA) is 43.1 Å². The third-order valence-electron chi connectivity index (χ3n) is 2.05. The van der Waals surface area contributed by atoms with Gasteiger partial charge in [-0.1, -0.05) is 0 Å². The summed E-state index contributed by atoms with van der Waals surface area (Å²) in [5, 5.41) is 10.3. The molecule has 102 valence electrons. The number of benzene rings is 1. The molecule has 0 spiro atoms. The molecule has 0 amide bonds. The van der Waals surface area contributed by atoms with Crippen molar-refractivity contribution in [1.82, 2.24) is 0 Å². The molecule has 1 unspecified atom stereocenters. The Hall–Kier alpha value is -0.637. The molecule has 0 saturated heterocycles. The van der Waals surface area contributed by atoms with E-state index in [1.165, 1.54) is 12.1 Å². The SMILES string of the molecule is [CH3][Ge]([CH3])([CH3])[C]#CC(Cl)CSc1ccc([N+](=O)[O-])cc1. The second-order valence-corrected chi connectivity index (χ2v) is 16.6. The molecule has 6 heteroatoms. The molecule has 19 heavy (non-hydrogen) atoms. The fourth-order valence-electron chi connectivity index (χ4n) is 1.17.